The first-order valence-corrected chi connectivity index (χ1v) is 8.07. The van der Waals surface area contributed by atoms with E-state index in [-0.39, 0.29) is 5.90 Å². The number of aryl methyl sites for hydroxylation is 1. The van der Waals surface area contributed by atoms with Crippen molar-refractivity contribution in [1.82, 2.24) is 15.1 Å². The van der Waals surface area contributed by atoms with Gasteiger partial charge in [-0.05, 0) is 60.7 Å². The lowest BCUT2D eigenvalue weighted by molar-refractivity contribution is 0.0716. The third-order valence-corrected chi connectivity index (χ3v) is 3.64. The summed E-state index contributed by atoms with van der Waals surface area (Å²) in [6, 6.07) is 13.6. The molecule has 27 heavy (non-hydrogen) atoms. The molecule has 0 aliphatic heterocycles. The number of hydrogen-bond donors (Lipinski definition) is 0. The molecular formula is C19H18N4O4. The zero-order chi connectivity index (χ0) is 19.2. The molecule has 8 nitrogen and oxygen atoms in total. The molecule has 0 spiro atoms. The zero-order valence-corrected chi connectivity index (χ0v) is 15.1. The van der Waals surface area contributed by atoms with E-state index in [4.69, 9.17) is 14.2 Å². The van der Waals surface area contributed by atoms with Crippen molar-refractivity contribution in [3.63, 3.8) is 0 Å². The van der Waals surface area contributed by atoms with Crippen LogP contribution in [0.5, 0.6) is 11.5 Å². The highest BCUT2D eigenvalue weighted by atomic mass is 16.5. The molecule has 2 aromatic carbocycles. The maximum atomic E-state index is 12.5. The van der Waals surface area contributed by atoms with Crippen molar-refractivity contribution in [3.05, 3.63) is 71.5 Å². The number of carbonyl (C=O) groups excluding carboxylic acids is 1. The van der Waals surface area contributed by atoms with Gasteiger partial charge in [-0.15, -0.1) is 15.0 Å². The number of ether oxygens (including phenoxy) is 3. The first-order valence-electron chi connectivity index (χ1n) is 8.07. The Morgan fingerprint density at radius 2 is 1.48 bits per heavy atom. The summed E-state index contributed by atoms with van der Waals surface area (Å²) in [4.78, 5) is 13.8. The summed E-state index contributed by atoms with van der Waals surface area (Å²) < 4.78 is 15.8. The third kappa shape index (κ3) is 4.49. The molecule has 3 rings (SSSR count). The molecule has 0 radical (unpaired) electrons. The van der Waals surface area contributed by atoms with Gasteiger partial charge < -0.3 is 14.2 Å². The molecule has 1 aromatic heterocycles. The molecule has 8 heteroatoms. The Bertz CT molecular complexity index is 947. The van der Waals surface area contributed by atoms with Gasteiger partial charge in [0.1, 0.15) is 11.5 Å². The van der Waals surface area contributed by atoms with Crippen LogP contribution in [0.4, 0.5) is 0 Å². The molecule has 0 saturated heterocycles. The second-order valence-electron chi connectivity index (χ2n) is 5.53. The number of nitrogens with zero attached hydrogens (tertiary/aromatic N) is 4. The van der Waals surface area contributed by atoms with Crippen LogP contribution in [0, 0.1) is 6.92 Å². The number of benzene rings is 2. The summed E-state index contributed by atoms with van der Waals surface area (Å²) in [5.41, 5.74) is 1.65. The average Bonchev–Trinajstić information content (AvgIpc) is 3.12. The van der Waals surface area contributed by atoms with E-state index in [1.165, 1.54) is 4.79 Å². The van der Waals surface area contributed by atoms with Gasteiger partial charge in [-0.25, -0.2) is 4.79 Å². The monoisotopic (exact) mass is 366 g/mol. The van der Waals surface area contributed by atoms with Gasteiger partial charge in [-0.1, -0.05) is 0 Å². The topological polar surface area (TPSA) is 87.8 Å². The van der Waals surface area contributed by atoms with Gasteiger partial charge >= 0.3 is 5.97 Å². The zero-order valence-electron chi connectivity index (χ0n) is 15.1. The van der Waals surface area contributed by atoms with Crippen molar-refractivity contribution in [2.75, 3.05) is 14.2 Å². The second kappa shape index (κ2) is 8.13. The molecule has 0 unspecified atom stereocenters. The minimum absolute atomic E-state index is 0.0865. The summed E-state index contributed by atoms with van der Waals surface area (Å²) in [5.74, 6) is 0.859. The van der Waals surface area contributed by atoms with Crippen LogP contribution in [0.25, 0.3) is 0 Å². The summed E-state index contributed by atoms with van der Waals surface area (Å²) in [7, 11) is 3.13. The SMILES string of the molecule is COc1ccc(C(=O)O/C(=N/n2cc(C)nn2)c2ccc(OC)cc2)cc1. The summed E-state index contributed by atoms with van der Waals surface area (Å²) in [6.07, 6.45) is 1.62. The van der Waals surface area contributed by atoms with Crippen molar-refractivity contribution in [1.29, 1.82) is 0 Å². The predicted octanol–water partition coefficient (Wildman–Crippen LogP) is 2.67. The fourth-order valence-corrected chi connectivity index (χ4v) is 2.22. The first kappa shape index (κ1) is 18.1. The van der Waals surface area contributed by atoms with Crippen LogP contribution in [0.2, 0.25) is 0 Å². The molecule has 3 aromatic rings. The van der Waals surface area contributed by atoms with Crippen LogP contribution in [-0.2, 0) is 4.74 Å². The third-order valence-electron chi connectivity index (χ3n) is 3.64. The van der Waals surface area contributed by atoms with Gasteiger partial charge in [0.15, 0.2) is 0 Å². The number of methoxy groups -OCH3 is 2. The Labute approximate surface area is 156 Å². The summed E-state index contributed by atoms with van der Waals surface area (Å²) in [6.45, 7) is 1.79. The molecule has 0 saturated carbocycles. The fraction of sp³-hybridized carbons (Fsp3) is 0.158. The quantitative estimate of drug-likeness (QED) is 0.392. The van der Waals surface area contributed by atoms with Gasteiger partial charge in [0, 0.05) is 5.56 Å². The second-order valence-corrected chi connectivity index (χ2v) is 5.53. The van der Waals surface area contributed by atoms with Crippen LogP contribution < -0.4 is 9.47 Å². The molecule has 0 amide bonds. The summed E-state index contributed by atoms with van der Waals surface area (Å²) >= 11 is 0. The number of rotatable bonds is 5. The molecule has 0 N–H and O–H groups in total. The van der Waals surface area contributed by atoms with Crippen molar-refractivity contribution in [2.45, 2.75) is 6.92 Å². The maximum Gasteiger partial charge on any atom is 0.344 e. The van der Waals surface area contributed by atoms with Crippen molar-refractivity contribution in [2.24, 2.45) is 5.10 Å². The lowest BCUT2D eigenvalue weighted by atomic mass is 10.2. The molecule has 0 fully saturated rings. The van der Waals surface area contributed by atoms with Crippen molar-refractivity contribution < 1.29 is 19.0 Å². The Hall–Kier alpha value is -3.68. The van der Waals surface area contributed by atoms with E-state index in [1.807, 2.05) is 0 Å². The maximum absolute atomic E-state index is 12.5. The van der Waals surface area contributed by atoms with Crippen LogP contribution in [0.1, 0.15) is 21.6 Å². The highest BCUT2D eigenvalue weighted by Gasteiger charge is 2.15. The Balaban J connectivity index is 1.90. The number of hydrogen-bond acceptors (Lipinski definition) is 7. The average molecular weight is 366 g/mol. The van der Waals surface area contributed by atoms with E-state index < -0.39 is 5.97 Å². The van der Waals surface area contributed by atoms with Crippen molar-refractivity contribution in [3.8, 4) is 11.5 Å². The number of carbonyl (C=O) groups is 1. The van der Waals surface area contributed by atoms with Crippen LogP contribution in [0.15, 0.2) is 59.8 Å². The van der Waals surface area contributed by atoms with Gasteiger partial charge in [0.05, 0.1) is 31.7 Å². The lowest BCUT2D eigenvalue weighted by Crippen LogP contribution is -2.15. The Morgan fingerprint density at radius 1 is 0.926 bits per heavy atom. The Morgan fingerprint density at radius 3 is 1.96 bits per heavy atom. The van der Waals surface area contributed by atoms with E-state index in [0.29, 0.717) is 28.3 Å². The molecule has 0 aliphatic rings. The first-order chi connectivity index (χ1) is 13.1. The van der Waals surface area contributed by atoms with E-state index >= 15 is 0 Å². The van der Waals surface area contributed by atoms with Gasteiger partial charge in [-0.2, -0.15) is 0 Å². The highest BCUT2D eigenvalue weighted by Crippen LogP contribution is 2.16. The molecule has 1 heterocycles. The van der Waals surface area contributed by atoms with E-state index in [2.05, 4.69) is 15.4 Å². The molecular weight excluding hydrogens is 348 g/mol. The molecule has 0 atom stereocenters. The molecule has 0 aliphatic carbocycles. The lowest BCUT2D eigenvalue weighted by Gasteiger charge is -2.09. The standard InChI is InChI=1S/C19H18N4O4/c1-13-12-23(22-20-13)21-18(14-4-8-16(25-2)9-5-14)27-19(24)15-6-10-17(26-3)11-7-15/h4-12H,1-3H3/b21-18+. The summed E-state index contributed by atoms with van der Waals surface area (Å²) in [5, 5.41) is 12.0. The van der Waals surface area contributed by atoms with Gasteiger partial charge in [0.25, 0.3) is 0 Å². The Kier molecular flexibility index (Phi) is 5.46. The van der Waals surface area contributed by atoms with Gasteiger partial charge in [-0.3, -0.25) is 0 Å². The number of aromatic nitrogens is 3. The predicted molar refractivity (Wildman–Crippen MR) is 98.1 cm³/mol. The van der Waals surface area contributed by atoms with E-state index in [1.54, 1.807) is 75.9 Å². The normalized spacial score (nSPS) is 11.1. The largest absolute Gasteiger partial charge is 0.497 e. The molecule has 0 bridgehead atoms. The van der Waals surface area contributed by atoms with E-state index in [0.717, 1.165) is 0 Å². The van der Waals surface area contributed by atoms with Crippen LogP contribution >= 0.6 is 0 Å². The van der Waals surface area contributed by atoms with E-state index in [9.17, 15) is 4.79 Å². The smallest absolute Gasteiger partial charge is 0.344 e. The number of esters is 1. The van der Waals surface area contributed by atoms with Gasteiger partial charge in [0.2, 0.25) is 5.90 Å². The van der Waals surface area contributed by atoms with Crippen LogP contribution in [0.3, 0.4) is 0 Å². The fourth-order valence-electron chi connectivity index (χ4n) is 2.22. The van der Waals surface area contributed by atoms with Crippen LogP contribution in [-0.4, -0.2) is 41.2 Å². The highest BCUT2D eigenvalue weighted by molar-refractivity contribution is 6.05. The minimum atomic E-state index is -0.552. The molecule has 138 valence electrons. The minimum Gasteiger partial charge on any atom is -0.497 e. The van der Waals surface area contributed by atoms with Crippen molar-refractivity contribution >= 4 is 11.9 Å².